The van der Waals surface area contributed by atoms with E-state index in [4.69, 9.17) is 12.2 Å². The molecule has 0 bridgehead atoms. The molecule has 0 fully saturated rings. The van der Waals surface area contributed by atoms with E-state index < -0.39 is 12.7 Å². The van der Waals surface area contributed by atoms with Crippen molar-refractivity contribution in [3.05, 3.63) is 35.9 Å². The Morgan fingerprint density at radius 3 is 2.29 bits per heavy atom. The molecule has 0 unspecified atom stereocenters. The molecule has 0 saturated heterocycles. The van der Waals surface area contributed by atoms with Crippen LogP contribution in [0.1, 0.15) is 5.56 Å². The summed E-state index contributed by atoms with van der Waals surface area (Å²) < 4.78 is 35.4. The first-order valence-corrected chi connectivity index (χ1v) is 4.30. The number of alkyl halides is 3. The Morgan fingerprint density at radius 1 is 1.21 bits per heavy atom. The third-order valence-corrected chi connectivity index (χ3v) is 1.87. The molecule has 14 heavy (non-hydrogen) atoms. The number of rotatable bonds is 2. The van der Waals surface area contributed by atoms with Crippen LogP contribution in [0.4, 0.5) is 13.2 Å². The van der Waals surface area contributed by atoms with Gasteiger partial charge in [0.05, 0.1) is 0 Å². The molecule has 0 atom stereocenters. The Bertz CT molecular complexity index is 308. The molecule has 1 rings (SSSR count). The van der Waals surface area contributed by atoms with E-state index in [1.807, 2.05) is 0 Å². The highest BCUT2D eigenvalue weighted by Gasteiger charge is 2.26. The highest BCUT2D eigenvalue weighted by Crippen LogP contribution is 2.12. The summed E-state index contributed by atoms with van der Waals surface area (Å²) in [6.07, 6.45) is -4.24. The van der Waals surface area contributed by atoms with Crippen LogP contribution in [0.5, 0.6) is 0 Å². The lowest BCUT2D eigenvalue weighted by Gasteiger charge is -2.10. The van der Waals surface area contributed by atoms with Gasteiger partial charge in [-0.3, -0.25) is 0 Å². The van der Waals surface area contributed by atoms with Gasteiger partial charge in [-0.05, 0) is 0 Å². The van der Waals surface area contributed by atoms with Gasteiger partial charge in [-0.1, -0.05) is 42.5 Å². The average molecular weight is 219 g/mol. The van der Waals surface area contributed by atoms with Crippen molar-refractivity contribution in [1.29, 1.82) is 0 Å². The standard InChI is InChI=1S/C9H8F3NS/c10-9(11,12)6-13-8(14)7-4-2-1-3-5-7/h1-5H,6H2,(H,13,14). The second-order valence-corrected chi connectivity index (χ2v) is 3.07. The fourth-order valence-electron chi connectivity index (χ4n) is 0.872. The van der Waals surface area contributed by atoms with Crippen molar-refractivity contribution in [2.45, 2.75) is 6.18 Å². The Kier molecular flexibility index (Phi) is 3.46. The molecule has 1 aromatic rings. The predicted octanol–water partition coefficient (Wildman–Crippen LogP) is 2.51. The van der Waals surface area contributed by atoms with Gasteiger partial charge in [0.25, 0.3) is 0 Å². The monoisotopic (exact) mass is 219 g/mol. The van der Waals surface area contributed by atoms with Crippen molar-refractivity contribution in [3.8, 4) is 0 Å². The summed E-state index contributed by atoms with van der Waals surface area (Å²) in [6, 6.07) is 8.53. The van der Waals surface area contributed by atoms with Crippen LogP contribution in [-0.2, 0) is 0 Å². The number of halogens is 3. The van der Waals surface area contributed by atoms with E-state index in [2.05, 4.69) is 5.32 Å². The lowest BCUT2D eigenvalue weighted by Crippen LogP contribution is -2.33. The van der Waals surface area contributed by atoms with Gasteiger partial charge >= 0.3 is 6.18 Å². The Labute approximate surface area is 84.9 Å². The van der Waals surface area contributed by atoms with Crippen LogP contribution in [0.2, 0.25) is 0 Å². The van der Waals surface area contributed by atoms with Crippen molar-refractivity contribution in [1.82, 2.24) is 5.32 Å². The van der Waals surface area contributed by atoms with Crippen LogP contribution < -0.4 is 5.32 Å². The van der Waals surface area contributed by atoms with Crippen LogP contribution in [0.25, 0.3) is 0 Å². The Hall–Kier alpha value is -1.10. The highest BCUT2D eigenvalue weighted by atomic mass is 32.1. The molecule has 1 aromatic carbocycles. The van der Waals surface area contributed by atoms with E-state index in [1.165, 1.54) is 0 Å². The fourth-order valence-corrected chi connectivity index (χ4v) is 1.08. The second kappa shape index (κ2) is 4.41. The molecule has 0 aliphatic rings. The van der Waals surface area contributed by atoms with Gasteiger partial charge in [0.15, 0.2) is 0 Å². The Balaban J connectivity index is 2.52. The Morgan fingerprint density at radius 2 is 1.79 bits per heavy atom. The molecule has 0 aliphatic carbocycles. The molecule has 0 spiro atoms. The van der Waals surface area contributed by atoms with E-state index in [1.54, 1.807) is 30.3 Å². The van der Waals surface area contributed by atoms with Crippen LogP contribution in [0.15, 0.2) is 30.3 Å². The minimum absolute atomic E-state index is 0.114. The highest BCUT2D eigenvalue weighted by molar-refractivity contribution is 7.80. The van der Waals surface area contributed by atoms with Crippen LogP contribution in [0.3, 0.4) is 0 Å². The first kappa shape index (κ1) is 11.0. The van der Waals surface area contributed by atoms with E-state index >= 15 is 0 Å². The predicted molar refractivity (Wildman–Crippen MR) is 52.2 cm³/mol. The summed E-state index contributed by atoms with van der Waals surface area (Å²) in [5, 5.41) is 2.15. The summed E-state index contributed by atoms with van der Waals surface area (Å²) in [5.41, 5.74) is 0.590. The van der Waals surface area contributed by atoms with Gasteiger partial charge in [-0.25, -0.2) is 0 Å². The topological polar surface area (TPSA) is 12.0 Å². The molecule has 76 valence electrons. The lowest BCUT2D eigenvalue weighted by molar-refractivity contribution is -0.121. The molecular weight excluding hydrogens is 211 g/mol. The third kappa shape index (κ3) is 3.74. The zero-order valence-electron chi connectivity index (χ0n) is 7.14. The maximum Gasteiger partial charge on any atom is 0.405 e. The molecule has 0 amide bonds. The first-order valence-electron chi connectivity index (χ1n) is 3.89. The molecular formula is C9H8F3NS. The number of thiocarbonyl (C=S) groups is 1. The summed E-state index contributed by atoms with van der Waals surface area (Å²) >= 11 is 4.78. The molecule has 1 N–H and O–H groups in total. The summed E-state index contributed by atoms with van der Waals surface area (Å²) in [5.74, 6) is 0. The summed E-state index contributed by atoms with van der Waals surface area (Å²) in [7, 11) is 0. The maximum absolute atomic E-state index is 11.8. The summed E-state index contributed by atoms with van der Waals surface area (Å²) in [4.78, 5) is 0.114. The minimum Gasteiger partial charge on any atom is -0.367 e. The summed E-state index contributed by atoms with van der Waals surface area (Å²) in [6.45, 7) is -1.10. The van der Waals surface area contributed by atoms with Crippen molar-refractivity contribution in [2.24, 2.45) is 0 Å². The molecule has 0 saturated carbocycles. The average Bonchev–Trinajstić information content (AvgIpc) is 2.14. The van der Waals surface area contributed by atoms with E-state index in [-0.39, 0.29) is 4.99 Å². The van der Waals surface area contributed by atoms with Gasteiger partial charge in [0, 0.05) is 5.56 Å². The van der Waals surface area contributed by atoms with Crippen molar-refractivity contribution >= 4 is 17.2 Å². The zero-order valence-corrected chi connectivity index (χ0v) is 7.95. The normalized spacial score (nSPS) is 11.1. The SMILES string of the molecule is FC(F)(F)CNC(=S)c1ccccc1. The molecule has 0 aliphatic heterocycles. The van der Waals surface area contributed by atoms with Crippen LogP contribution in [0, 0.1) is 0 Å². The van der Waals surface area contributed by atoms with Gasteiger partial charge < -0.3 is 5.32 Å². The van der Waals surface area contributed by atoms with Gasteiger partial charge in [0.2, 0.25) is 0 Å². The number of nitrogens with one attached hydrogen (secondary N) is 1. The lowest BCUT2D eigenvalue weighted by atomic mass is 10.2. The molecule has 5 heteroatoms. The minimum atomic E-state index is -4.24. The largest absolute Gasteiger partial charge is 0.405 e. The first-order chi connectivity index (χ1) is 6.49. The molecule has 0 aromatic heterocycles. The van der Waals surface area contributed by atoms with Crippen molar-refractivity contribution in [2.75, 3.05) is 6.54 Å². The van der Waals surface area contributed by atoms with Crippen LogP contribution >= 0.6 is 12.2 Å². The molecule has 0 heterocycles. The third-order valence-electron chi connectivity index (χ3n) is 1.49. The van der Waals surface area contributed by atoms with E-state index in [9.17, 15) is 13.2 Å². The number of benzene rings is 1. The second-order valence-electron chi connectivity index (χ2n) is 2.66. The maximum atomic E-state index is 11.8. The fraction of sp³-hybridized carbons (Fsp3) is 0.222. The zero-order chi connectivity index (χ0) is 10.6. The van der Waals surface area contributed by atoms with Gasteiger partial charge in [-0.15, -0.1) is 0 Å². The van der Waals surface area contributed by atoms with Gasteiger partial charge in [0.1, 0.15) is 11.5 Å². The number of hydrogen-bond donors (Lipinski definition) is 1. The quantitative estimate of drug-likeness (QED) is 0.767. The number of hydrogen-bond acceptors (Lipinski definition) is 1. The molecule has 1 nitrogen and oxygen atoms in total. The van der Waals surface area contributed by atoms with Crippen molar-refractivity contribution in [3.63, 3.8) is 0 Å². The molecule has 0 radical (unpaired) electrons. The smallest absolute Gasteiger partial charge is 0.367 e. The van der Waals surface area contributed by atoms with Crippen molar-refractivity contribution < 1.29 is 13.2 Å². The van der Waals surface area contributed by atoms with E-state index in [0.29, 0.717) is 5.56 Å². The van der Waals surface area contributed by atoms with Crippen LogP contribution in [-0.4, -0.2) is 17.7 Å². The van der Waals surface area contributed by atoms with E-state index in [0.717, 1.165) is 0 Å². The van der Waals surface area contributed by atoms with Gasteiger partial charge in [-0.2, -0.15) is 13.2 Å².